The lowest BCUT2D eigenvalue weighted by Gasteiger charge is -2.14. The number of ether oxygens (including phenoxy) is 1. The molecule has 0 saturated carbocycles. The Hall–Kier alpha value is -2.33. The number of carbonyl (C=O) groups is 1. The summed E-state index contributed by atoms with van der Waals surface area (Å²) in [7, 11) is 0. The maximum absolute atomic E-state index is 12.1. The molecule has 23 heavy (non-hydrogen) atoms. The van der Waals surface area contributed by atoms with Crippen LogP contribution in [0.1, 0.15) is 24.0 Å². The van der Waals surface area contributed by atoms with Crippen LogP contribution in [0.4, 0.5) is 0 Å². The smallest absolute Gasteiger partial charge is 0.237 e. The van der Waals surface area contributed by atoms with Crippen molar-refractivity contribution in [3.8, 4) is 11.5 Å². The highest BCUT2D eigenvalue weighted by atomic mass is 16.5. The van der Waals surface area contributed by atoms with E-state index in [0.29, 0.717) is 6.54 Å². The van der Waals surface area contributed by atoms with Gasteiger partial charge in [0.05, 0.1) is 6.04 Å². The first-order valence-corrected chi connectivity index (χ1v) is 8.06. The zero-order chi connectivity index (χ0) is 16.1. The summed E-state index contributed by atoms with van der Waals surface area (Å²) < 4.78 is 5.96. The molecule has 1 saturated heterocycles. The Morgan fingerprint density at radius 2 is 2.00 bits per heavy atom. The van der Waals surface area contributed by atoms with Crippen molar-refractivity contribution in [1.29, 1.82) is 0 Å². The average Bonchev–Trinajstić information content (AvgIpc) is 3.10. The lowest BCUT2D eigenvalue weighted by molar-refractivity contribution is -0.122. The van der Waals surface area contributed by atoms with Gasteiger partial charge in [-0.3, -0.25) is 4.79 Å². The van der Waals surface area contributed by atoms with E-state index in [9.17, 15) is 4.79 Å². The Bertz CT molecular complexity index is 661. The van der Waals surface area contributed by atoms with E-state index in [0.717, 1.165) is 36.4 Å². The Labute approximate surface area is 136 Å². The van der Waals surface area contributed by atoms with E-state index in [4.69, 9.17) is 4.74 Å². The van der Waals surface area contributed by atoms with Crippen LogP contribution in [0.3, 0.4) is 0 Å². The fourth-order valence-corrected chi connectivity index (χ4v) is 2.70. The minimum Gasteiger partial charge on any atom is -0.457 e. The van der Waals surface area contributed by atoms with Crippen LogP contribution in [0.5, 0.6) is 11.5 Å². The van der Waals surface area contributed by atoms with Gasteiger partial charge in [-0.2, -0.15) is 0 Å². The monoisotopic (exact) mass is 310 g/mol. The number of hydrogen-bond donors (Lipinski definition) is 2. The summed E-state index contributed by atoms with van der Waals surface area (Å²) in [5.41, 5.74) is 2.17. The van der Waals surface area contributed by atoms with E-state index >= 15 is 0 Å². The van der Waals surface area contributed by atoms with E-state index in [1.165, 1.54) is 5.56 Å². The molecule has 1 unspecified atom stereocenters. The molecule has 4 heteroatoms. The minimum atomic E-state index is -0.0554. The lowest BCUT2D eigenvalue weighted by atomic mass is 10.1. The second kappa shape index (κ2) is 7.29. The van der Waals surface area contributed by atoms with Gasteiger partial charge in [0, 0.05) is 12.1 Å². The molecule has 1 aliphatic rings. The van der Waals surface area contributed by atoms with Crippen molar-refractivity contribution in [2.75, 3.05) is 6.54 Å². The zero-order valence-corrected chi connectivity index (χ0v) is 13.3. The number of nitrogens with one attached hydrogen (secondary N) is 2. The molecule has 0 aliphatic carbocycles. The standard InChI is InChI=1S/C19H22N2O2/c1-14-8-10-16(11-9-14)23-18-7-3-2-5-15(18)13-21-19(22)17-6-4-12-20-17/h2-3,5,7-11,17,20H,4,6,12-13H2,1H3,(H,21,22). The summed E-state index contributed by atoms with van der Waals surface area (Å²) in [6.45, 7) is 3.44. The summed E-state index contributed by atoms with van der Waals surface area (Å²) in [4.78, 5) is 12.1. The molecule has 2 N–H and O–H groups in total. The number of hydrogen-bond acceptors (Lipinski definition) is 3. The average molecular weight is 310 g/mol. The predicted octanol–water partition coefficient (Wildman–Crippen LogP) is 3.16. The van der Waals surface area contributed by atoms with Gasteiger partial charge < -0.3 is 15.4 Å². The van der Waals surface area contributed by atoms with Gasteiger partial charge in [-0.25, -0.2) is 0 Å². The SMILES string of the molecule is Cc1ccc(Oc2ccccc2CNC(=O)C2CCCN2)cc1. The summed E-state index contributed by atoms with van der Waals surface area (Å²) in [6.07, 6.45) is 1.97. The van der Waals surface area contributed by atoms with Gasteiger partial charge in [-0.15, -0.1) is 0 Å². The normalized spacial score (nSPS) is 17.0. The maximum Gasteiger partial charge on any atom is 0.237 e. The van der Waals surface area contributed by atoms with Crippen molar-refractivity contribution in [3.05, 3.63) is 59.7 Å². The van der Waals surface area contributed by atoms with Gasteiger partial charge in [-0.1, -0.05) is 35.9 Å². The van der Waals surface area contributed by atoms with Crippen molar-refractivity contribution >= 4 is 5.91 Å². The van der Waals surface area contributed by atoms with Gasteiger partial charge in [0.1, 0.15) is 11.5 Å². The van der Waals surface area contributed by atoms with E-state index in [2.05, 4.69) is 10.6 Å². The van der Waals surface area contributed by atoms with Crippen LogP contribution in [0.25, 0.3) is 0 Å². The minimum absolute atomic E-state index is 0.0554. The molecule has 0 bridgehead atoms. The highest BCUT2D eigenvalue weighted by Gasteiger charge is 2.21. The molecule has 1 amide bonds. The molecule has 2 aromatic rings. The number of rotatable bonds is 5. The molecule has 4 nitrogen and oxygen atoms in total. The van der Waals surface area contributed by atoms with E-state index in [1.54, 1.807) is 0 Å². The third-order valence-corrected chi connectivity index (χ3v) is 4.05. The number of benzene rings is 2. The molecule has 2 aromatic carbocycles. The van der Waals surface area contributed by atoms with Crippen LogP contribution in [0.2, 0.25) is 0 Å². The Morgan fingerprint density at radius 3 is 2.74 bits per heavy atom. The van der Waals surface area contributed by atoms with Crippen LogP contribution in [-0.2, 0) is 11.3 Å². The van der Waals surface area contributed by atoms with Crippen molar-refractivity contribution in [1.82, 2.24) is 10.6 Å². The van der Waals surface area contributed by atoms with Crippen molar-refractivity contribution in [2.45, 2.75) is 32.4 Å². The molecule has 1 heterocycles. The Kier molecular flexibility index (Phi) is 4.93. The van der Waals surface area contributed by atoms with Gasteiger partial charge in [0.25, 0.3) is 0 Å². The Balaban J connectivity index is 1.65. The highest BCUT2D eigenvalue weighted by molar-refractivity contribution is 5.82. The molecule has 120 valence electrons. The molecule has 1 aliphatic heterocycles. The molecule has 0 spiro atoms. The van der Waals surface area contributed by atoms with Gasteiger partial charge >= 0.3 is 0 Å². The predicted molar refractivity (Wildman–Crippen MR) is 90.6 cm³/mol. The van der Waals surface area contributed by atoms with Crippen molar-refractivity contribution < 1.29 is 9.53 Å². The third-order valence-electron chi connectivity index (χ3n) is 4.05. The number of carbonyl (C=O) groups excluding carboxylic acids is 1. The summed E-state index contributed by atoms with van der Waals surface area (Å²) in [5, 5.41) is 6.20. The van der Waals surface area contributed by atoms with E-state index in [-0.39, 0.29) is 11.9 Å². The Morgan fingerprint density at radius 1 is 1.22 bits per heavy atom. The number of para-hydroxylation sites is 1. The highest BCUT2D eigenvalue weighted by Crippen LogP contribution is 2.25. The quantitative estimate of drug-likeness (QED) is 0.892. The summed E-state index contributed by atoms with van der Waals surface area (Å²) in [5.74, 6) is 1.63. The maximum atomic E-state index is 12.1. The van der Waals surface area contributed by atoms with Crippen molar-refractivity contribution in [3.63, 3.8) is 0 Å². The zero-order valence-electron chi connectivity index (χ0n) is 13.3. The van der Waals surface area contributed by atoms with Gasteiger partial charge in [0.2, 0.25) is 5.91 Å². The molecule has 0 aromatic heterocycles. The van der Waals surface area contributed by atoms with Crippen LogP contribution in [-0.4, -0.2) is 18.5 Å². The number of aryl methyl sites for hydroxylation is 1. The molecular weight excluding hydrogens is 288 g/mol. The molecule has 1 atom stereocenters. The fraction of sp³-hybridized carbons (Fsp3) is 0.316. The third kappa shape index (κ3) is 4.11. The van der Waals surface area contributed by atoms with Crippen LogP contribution in [0.15, 0.2) is 48.5 Å². The second-order valence-electron chi connectivity index (χ2n) is 5.89. The first-order chi connectivity index (χ1) is 11.2. The lowest BCUT2D eigenvalue weighted by Crippen LogP contribution is -2.40. The summed E-state index contributed by atoms with van der Waals surface area (Å²) in [6, 6.07) is 15.7. The van der Waals surface area contributed by atoms with Crippen LogP contribution in [0, 0.1) is 6.92 Å². The molecule has 3 rings (SSSR count). The van der Waals surface area contributed by atoms with E-state index < -0.39 is 0 Å². The second-order valence-corrected chi connectivity index (χ2v) is 5.89. The first kappa shape index (κ1) is 15.6. The van der Waals surface area contributed by atoms with Gasteiger partial charge in [0.15, 0.2) is 0 Å². The van der Waals surface area contributed by atoms with E-state index in [1.807, 2.05) is 55.5 Å². The van der Waals surface area contributed by atoms with Crippen LogP contribution < -0.4 is 15.4 Å². The van der Waals surface area contributed by atoms with Gasteiger partial charge in [-0.05, 0) is 44.5 Å². The largest absolute Gasteiger partial charge is 0.457 e. The summed E-state index contributed by atoms with van der Waals surface area (Å²) >= 11 is 0. The molecule has 1 fully saturated rings. The van der Waals surface area contributed by atoms with Crippen molar-refractivity contribution in [2.24, 2.45) is 0 Å². The topological polar surface area (TPSA) is 50.4 Å². The number of amides is 1. The fourth-order valence-electron chi connectivity index (χ4n) is 2.70. The molecular formula is C19H22N2O2. The van der Waals surface area contributed by atoms with Crippen LogP contribution >= 0.6 is 0 Å². The first-order valence-electron chi connectivity index (χ1n) is 8.06. The molecule has 0 radical (unpaired) electrons.